The van der Waals surface area contributed by atoms with Gasteiger partial charge in [0.05, 0.1) is 5.75 Å². The highest BCUT2D eigenvalue weighted by molar-refractivity contribution is 7.90. The van der Waals surface area contributed by atoms with Crippen molar-refractivity contribution in [3.63, 3.8) is 0 Å². The molecule has 0 aliphatic heterocycles. The Kier molecular flexibility index (Phi) is 5.99. The molecule has 0 amide bonds. The van der Waals surface area contributed by atoms with Crippen LogP contribution < -0.4 is 5.32 Å². The van der Waals surface area contributed by atoms with E-state index in [1.54, 1.807) is 0 Å². The first kappa shape index (κ1) is 12.7. The Morgan fingerprint density at radius 2 is 2.15 bits per heavy atom. The van der Waals surface area contributed by atoms with E-state index in [-0.39, 0.29) is 11.8 Å². The Morgan fingerprint density at radius 1 is 1.54 bits per heavy atom. The zero-order valence-corrected chi connectivity index (χ0v) is 9.23. The van der Waals surface area contributed by atoms with E-state index in [4.69, 9.17) is 0 Å². The molecule has 0 spiro atoms. The lowest BCUT2D eigenvalue weighted by Crippen LogP contribution is -2.35. The molecule has 1 N–H and O–H groups in total. The Bertz CT molecular complexity index is 234. The number of hydrogen-bond acceptors (Lipinski definition) is 3. The summed E-state index contributed by atoms with van der Waals surface area (Å²) in [5, 5.41) is 3.15. The topological polar surface area (TPSA) is 46.2 Å². The standard InChI is InChI=1S/C9H19NO2S/c1-4-6-7-9(10-5-2)8-13(3,11)12/h4,9-10H,1,5-8H2,2-3H3. The summed E-state index contributed by atoms with van der Waals surface area (Å²) < 4.78 is 22.0. The van der Waals surface area contributed by atoms with E-state index < -0.39 is 9.84 Å². The highest BCUT2D eigenvalue weighted by atomic mass is 32.2. The van der Waals surface area contributed by atoms with Gasteiger partial charge in [0.2, 0.25) is 0 Å². The summed E-state index contributed by atoms with van der Waals surface area (Å²) in [6.07, 6.45) is 4.77. The Labute approximate surface area is 81.1 Å². The highest BCUT2D eigenvalue weighted by Gasteiger charge is 2.12. The zero-order valence-electron chi connectivity index (χ0n) is 8.41. The van der Waals surface area contributed by atoms with Crippen LogP contribution in [0.5, 0.6) is 0 Å². The van der Waals surface area contributed by atoms with Gasteiger partial charge in [-0.15, -0.1) is 6.58 Å². The van der Waals surface area contributed by atoms with Crippen molar-refractivity contribution in [1.82, 2.24) is 5.32 Å². The minimum Gasteiger partial charge on any atom is -0.313 e. The molecule has 0 aliphatic carbocycles. The molecule has 0 aromatic rings. The Hall–Kier alpha value is -0.350. The van der Waals surface area contributed by atoms with Gasteiger partial charge in [0, 0.05) is 12.3 Å². The minimum atomic E-state index is -2.87. The summed E-state index contributed by atoms with van der Waals surface area (Å²) >= 11 is 0. The van der Waals surface area contributed by atoms with Gasteiger partial charge < -0.3 is 5.32 Å². The number of sulfone groups is 1. The van der Waals surface area contributed by atoms with Crippen LogP contribution in [0.2, 0.25) is 0 Å². The quantitative estimate of drug-likeness (QED) is 0.630. The molecule has 1 atom stereocenters. The summed E-state index contributed by atoms with van der Waals surface area (Å²) in [5.74, 6) is 0.217. The van der Waals surface area contributed by atoms with Gasteiger partial charge in [0.15, 0.2) is 0 Å². The lowest BCUT2D eigenvalue weighted by molar-refractivity contribution is 0.523. The number of nitrogens with one attached hydrogen (secondary N) is 1. The molecular weight excluding hydrogens is 186 g/mol. The van der Waals surface area contributed by atoms with Crippen LogP contribution in [-0.4, -0.2) is 33.0 Å². The molecular formula is C9H19NO2S. The summed E-state index contributed by atoms with van der Waals surface area (Å²) in [6, 6.07) is 0.0676. The Morgan fingerprint density at radius 3 is 2.54 bits per heavy atom. The molecule has 0 radical (unpaired) electrons. The molecule has 0 heterocycles. The van der Waals surface area contributed by atoms with E-state index in [1.165, 1.54) is 6.26 Å². The van der Waals surface area contributed by atoms with E-state index in [0.717, 1.165) is 19.4 Å². The summed E-state index contributed by atoms with van der Waals surface area (Å²) in [7, 11) is -2.87. The van der Waals surface area contributed by atoms with Gasteiger partial charge >= 0.3 is 0 Å². The fourth-order valence-corrected chi connectivity index (χ4v) is 2.23. The van der Waals surface area contributed by atoms with Crippen LogP contribution in [0.3, 0.4) is 0 Å². The van der Waals surface area contributed by atoms with Crippen LogP contribution in [0.4, 0.5) is 0 Å². The van der Waals surface area contributed by atoms with Crippen molar-refractivity contribution < 1.29 is 8.42 Å². The molecule has 0 aliphatic rings. The van der Waals surface area contributed by atoms with Crippen molar-refractivity contribution in [3.05, 3.63) is 12.7 Å². The van der Waals surface area contributed by atoms with Crippen LogP contribution in [0, 0.1) is 0 Å². The average molecular weight is 205 g/mol. The first-order valence-electron chi connectivity index (χ1n) is 4.51. The van der Waals surface area contributed by atoms with E-state index in [9.17, 15) is 8.42 Å². The van der Waals surface area contributed by atoms with Crippen LogP contribution >= 0.6 is 0 Å². The molecule has 3 nitrogen and oxygen atoms in total. The van der Waals surface area contributed by atoms with Gasteiger partial charge in [-0.3, -0.25) is 0 Å². The summed E-state index contributed by atoms with van der Waals surface area (Å²) in [5.41, 5.74) is 0. The second kappa shape index (κ2) is 6.16. The van der Waals surface area contributed by atoms with Gasteiger partial charge in [-0.1, -0.05) is 13.0 Å². The largest absolute Gasteiger partial charge is 0.313 e. The lowest BCUT2D eigenvalue weighted by Gasteiger charge is -2.15. The molecule has 4 heteroatoms. The average Bonchev–Trinajstić information content (AvgIpc) is 1.98. The molecule has 13 heavy (non-hydrogen) atoms. The van der Waals surface area contributed by atoms with Gasteiger partial charge in [-0.2, -0.15) is 0 Å². The van der Waals surface area contributed by atoms with Crippen molar-refractivity contribution in [2.45, 2.75) is 25.8 Å². The van der Waals surface area contributed by atoms with Gasteiger partial charge in [-0.25, -0.2) is 8.42 Å². The maximum Gasteiger partial charge on any atom is 0.148 e. The zero-order chi connectivity index (χ0) is 10.3. The fourth-order valence-electron chi connectivity index (χ4n) is 1.22. The summed E-state index contributed by atoms with van der Waals surface area (Å²) in [4.78, 5) is 0. The van der Waals surface area contributed by atoms with Crippen molar-refractivity contribution >= 4 is 9.84 Å². The molecule has 0 bridgehead atoms. The van der Waals surface area contributed by atoms with E-state index in [0.29, 0.717) is 0 Å². The molecule has 0 rings (SSSR count). The maximum absolute atomic E-state index is 11.0. The number of allylic oxidation sites excluding steroid dienone is 1. The maximum atomic E-state index is 11.0. The molecule has 78 valence electrons. The molecule has 0 saturated heterocycles. The molecule has 0 saturated carbocycles. The smallest absolute Gasteiger partial charge is 0.148 e. The van der Waals surface area contributed by atoms with Crippen molar-refractivity contribution in [1.29, 1.82) is 0 Å². The lowest BCUT2D eigenvalue weighted by atomic mass is 10.2. The van der Waals surface area contributed by atoms with Crippen LogP contribution in [-0.2, 0) is 9.84 Å². The first-order chi connectivity index (χ1) is 5.99. The fraction of sp³-hybridized carbons (Fsp3) is 0.778. The van der Waals surface area contributed by atoms with Crippen molar-refractivity contribution in [3.8, 4) is 0 Å². The predicted molar refractivity (Wildman–Crippen MR) is 56.6 cm³/mol. The number of rotatable bonds is 7. The monoisotopic (exact) mass is 205 g/mol. The van der Waals surface area contributed by atoms with E-state index in [1.807, 2.05) is 13.0 Å². The molecule has 0 aromatic heterocycles. The van der Waals surface area contributed by atoms with Crippen LogP contribution in [0.1, 0.15) is 19.8 Å². The predicted octanol–water partition coefficient (Wildman–Crippen LogP) is 0.975. The molecule has 1 unspecified atom stereocenters. The highest BCUT2D eigenvalue weighted by Crippen LogP contribution is 2.01. The Balaban J connectivity index is 4.01. The molecule has 0 fully saturated rings. The van der Waals surface area contributed by atoms with Crippen LogP contribution in [0.15, 0.2) is 12.7 Å². The second-order valence-electron chi connectivity index (χ2n) is 3.21. The van der Waals surface area contributed by atoms with Gasteiger partial charge in [0.25, 0.3) is 0 Å². The number of hydrogen-bond donors (Lipinski definition) is 1. The van der Waals surface area contributed by atoms with Crippen molar-refractivity contribution in [2.75, 3.05) is 18.6 Å². The van der Waals surface area contributed by atoms with Gasteiger partial charge in [-0.05, 0) is 19.4 Å². The third-order valence-electron chi connectivity index (χ3n) is 1.72. The summed E-state index contributed by atoms with van der Waals surface area (Å²) in [6.45, 7) is 6.39. The van der Waals surface area contributed by atoms with Crippen LogP contribution in [0.25, 0.3) is 0 Å². The second-order valence-corrected chi connectivity index (χ2v) is 5.40. The minimum absolute atomic E-state index is 0.0676. The van der Waals surface area contributed by atoms with E-state index in [2.05, 4.69) is 11.9 Å². The molecule has 0 aromatic carbocycles. The third-order valence-corrected chi connectivity index (χ3v) is 2.72. The normalized spacial score (nSPS) is 14.0. The van der Waals surface area contributed by atoms with E-state index >= 15 is 0 Å². The first-order valence-corrected chi connectivity index (χ1v) is 6.57. The SMILES string of the molecule is C=CCCC(CS(C)(=O)=O)NCC. The van der Waals surface area contributed by atoms with Crippen molar-refractivity contribution in [2.24, 2.45) is 0 Å². The third kappa shape index (κ3) is 7.99. The van der Waals surface area contributed by atoms with Gasteiger partial charge in [0.1, 0.15) is 9.84 Å².